The van der Waals surface area contributed by atoms with E-state index in [1.54, 1.807) is 32.4 Å². The van der Waals surface area contributed by atoms with Crippen LogP contribution in [-0.2, 0) is 9.59 Å². The van der Waals surface area contributed by atoms with Gasteiger partial charge >= 0.3 is 0 Å². The number of para-hydroxylation sites is 1. The van der Waals surface area contributed by atoms with Crippen molar-refractivity contribution in [2.75, 3.05) is 25.3 Å². The molecule has 0 spiro atoms. The van der Waals surface area contributed by atoms with Gasteiger partial charge in [-0.05, 0) is 17.7 Å². The molecule has 3 aromatic carbocycles. The number of rotatable bonds is 6. The summed E-state index contributed by atoms with van der Waals surface area (Å²) in [6.07, 6.45) is 0. The van der Waals surface area contributed by atoms with E-state index in [2.05, 4.69) is 10.3 Å². The summed E-state index contributed by atoms with van der Waals surface area (Å²) in [6.45, 7) is 0. The first-order valence-electron chi connectivity index (χ1n) is 10.9. The Bertz CT molecular complexity index is 1330. The molecule has 2 heterocycles. The number of nitrogens with zero attached hydrogens (tertiary/aromatic N) is 3. The fourth-order valence-corrected chi connectivity index (χ4v) is 4.71. The number of carbonyl (C=O) groups excluding carboxylic acids is 2. The normalized spacial score (nSPS) is 16.1. The molecule has 3 aromatic rings. The molecule has 9 heteroatoms. The van der Waals surface area contributed by atoms with Crippen molar-refractivity contribution in [2.45, 2.75) is 6.04 Å². The molecule has 0 fully saturated rings. The summed E-state index contributed by atoms with van der Waals surface area (Å²) in [5.41, 5.74) is 2.86. The number of carbonyl (C=O) groups is 2. The van der Waals surface area contributed by atoms with Crippen LogP contribution in [-0.4, -0.2) is 47.7 Å². The highest BCUT2D eigenvalue weighted by atomic mass is 32.2. The number of benzene rings is 3. The minimum absolute atomic E-state index is 0.0492. The molecule has 2 amide bonds. The standard InChI is InChI=1S/C26H22N4O4S/c1-33-18-12-17(13-19(14-18)34-2)27-22(31)15-35-26-28-21-11-7-6-10-20(21)24-29-23(25(32)30(24)26)16-8-4-3-5-9-16/h3-14,23H,15H2,1-2H3,(H,27,31)/t23-/m0/s1. The summed E-state index contributed by atoms with van der Waals surface area (Å²) in [6, 6.07) is 21.5. The van der Waals surface area contributed by atoms with E-state index in [0.29, 0.717) is 33.9 Å². The first-order chi connectivity index (χ1) is 17.1. The molecule has 176 valence electrons. The molecule has 0 unspecified atom stereocenters. The molecular formula is C26H22N4O4S. The van der Waals surface area contributed by atoms with Crippen molar-refractivity contribution in [1.29, 1.82) is 0 Å². The largest absolute Gasteiger partial charge is 0.497 e. The number of amides is 2. The van der Waals surface area contributed by atoms with Gasteiger partial charge in [0.25, 0.3) is 5.91 Å². The zero-order chi connectivity index (χ0) is 24.4. The molecule has 2 aliphatic heterocycles. The quantitative estimate of drug-likeness (QED) is 0.557. The van der Waals surface area contributed by atoms with Gasteiger partial charge in [-0.1, -0.05) is 54.2 Å². The summed E-state index contributed by atoms with van der Waals surface area (Å²) in [5.74, 6) is 1.29. The van der Waals surface area contributed by atoms with E-state index >= 15 is 0 Å². The van der Waals surface area contributed by atoms with Gasteiger partial charge in [0.15, 0.2) is 11.2 Å². The molecule has 0 aromatic heterocycles. The highest BCUT2D eigenvalue weighted by molar-refractivity contribution is 8.14. The van der Waals surface area contributed by atoms with Gasteiger partial charge in [0.05, 0.1) is 25.7 Å². The Balaban J connectivity index is 1.38. The molecule has 1 atom stereocenters. The lowest BCUT2D eigenvalue weighted by atomic mass is 10.1. The van der Waals surface area contributed by atoms with Crippen LogP contribution in [0.4, 0.5) is 11.4 Å². The monoisotopic (exact) mass is 486 g/mol. The van der Waals surface area contributed by atoms with Crippen LogP contribution < -0.4 is 14.8 Å². The highest BCUT2D eigenvalue weighted by Gasteiger charge is 2.42. The molecule has 35 heavy (non-hydrogen) atoms. The van der Waals surface area contributed by atoms with Crippen molar-refractivity contribution in [3.05, 3.63) is 83.9 Å². The van der Waals surface area contributed by atoms with Gasteiger partial charge in [0.2, 0.25) is 5.91 Å². The average Bonchev–Trinajstić information content (AvgIpc) is 3.25. The lowest BCUT2D eigenvalue weighted by molar-refractivity contribution is -0.124. The predicted octanol–water partition coefficient (Wildman–Crippen LogP) is 4.41. The summed E-state index contributed by atoms with van der Waals surface area (Å²) >= 11 is 1.19. The van der Waals surface area contributed by atoms with Crippen LogP contribution in [0.5, 0.6) is 11.5 Å². The predicted molar refractivity (Wildman–Crippen MR) is 137 cm³/mol. The van der Waals surface area contributed by atoms with E-state index in [1.807, 2.05) is 54.6 Å². The number of thioether (sulfide) groups is 1. The first kappa shape index (κ1) is 22.7. The fraction of sp³-hybridized carbons (Fsp3) is 0.154. The van der Waals surface area contributed by atoms with Gasteiger partial charge in [0, 0.05) is 29.4 Å². The molecule has 0 saturated carbocycles. The third-order valence-electron chi connectivity index (χ3n) is 5.55. The number of anilines is 1. The molecule has 0 aliphatic carbocycles. The maximum atomic E-state index is 13.4. The third-order valence-corrected chi connectivity index (χ3v) is 6.49. The number of nitrogens with one attached hydrogen (secondary N) is 1. The van der Waals surface area contributed by atoms with Gasteiger partial charge in [-0.15, -0.1) is 0 Å². The molecular weight excluding hydrogens is 464 g/mol. The number of hydrogen-bond donors (Lipinski definition) is 1. The average molecular weight is 487 g/mol. The van der Waals surface area contributed by atoms with Crippen molar-refractivity contribution in [2.24, 2.45) is 9.98 Å². The second kappa shape index (κ2) is 9.63. The summed E-state index contributed by atoms with van der Waals surface area (Å²) in [4.78, 5) is 37.1. The van der Waals surface area contributed by atoms with Gasteiger partial charge in [-0.3, -0.25) is 9.59 Å². The number of aliphatic imine (C=N–C) groups is 2. The second-order valence-corrected chi connectivity index (χ2v) is 8.73. The van der Waals surface area contributed by atoms with Crippen LogP contribution in [0.25, 0.3) is 0 Å². The number of methoxy groups -OCH3 is 2. The van der Waals surface area contributed by atoms with Crippen molar-refractivity contribution >= 4 is 46.0 Å². The van der Waals surface area contributed by atoms with Crippen LogP contribution in [0, 0.1) is 0 Å². The van der Waals surface area contributed by atoms with Crippen LogP contribution in [0.2, 0.25) is 0 Å². The minimum Gasteiger partial charge on any atom is -0.497 e. The van der Waals surface area contributed by atoms with Gasteiger partial charge in [-0.25, -0.2) is 14.9 Å². The van der Waals surface area contributed by atoms with E-state index in [9.17, 15) is 9.59 Å². The summed E-state index contributed by atoms with van der Waals surface area (Å²) < 4.78 is 10.5. The van der Waals surface area contributed by atoms with Crippen molar-refractivity contribution in [3.8, 4) is 11.5 Å². The van der Waals surface area contributed by atoms with Crippen LogP contribution in [0.15, 0.2) is 82.8 Å². The zero-order valence-electron chi connectivity index (χ0n) is 19.1. The third kappa shape index (κ3) is 4.50. The first-order valence-corrected chi connectivity index (χ1v) is 11.9. The van der Waals surface area contributed by atoms with Crippen molar-refractivity contribution in [1.82, 2.24) is 4.90 Å². The SMILES string of the molecule is COc1cc(NC(=O)CSC2=Nc3ccccc3C3=N[C@@H](c4ccccc4)C(=O)N23)cc(OC)c1. The van der Waals surface area contributed by atoms with E-state index in [0.717, 1.165) is 11.1 Å². The lowest BCUT2D eigenvalue weighted by Crippen LogP contribution is -2.40. The number of hydrogen-bond acceptors (Lipinski definition) is 7. The Hall–Kier alpha value is -4.11. The maximum Gasteiger partial charge on any atom is 0.263 e. The Morgan fingerprint density at radius 1 is 1.00 bits per heavy atom. The number of amidine groups is 2. The molecule has 8 nitrogen and oxygen atoms in total. The Morgan fingerprint density at radius 2 is 1.69 bits per heavy atom. The van der Waals surface area contributed by atoms with E-state index < -0.39 is 6.04 Å². The van der Waals surface area contributed by atoms with Crippen LogP contribution in [0.3, 0.4) is 0 Å². The summed E-state index contributed by atoms with van der Waals surface area (Å²) in [5, 5.41) is 3.27. The summed E-state index contributed by atoms with van der Waals surface area (Å²) in [7, 11) is 3.09. The second-order valence-electron chi connectivity index (χ2n) is 7.79. The van der Waals surface area contributed by atoms with Crippen LogP contribution in [0.1, 0.15) is 17.2 Å². The molecule has 1 N–H and O–H groups in total. The van der Waals surface area contributed by atoms with E-state index in [-0.39, 0.29) is 17.6 Å². The highest BCUT2D eigenvalue weighted by Crippen LogP contribution is 2.37. The lowest BCUT2D eigenvalue weighted by Gasteiger charge is -2.25. The van der Waals surface area contributed by atoms with Crippen molar-refractivity contribution in [3.63, 3.8) is 0 Å². The van der Waals surface area contributed by atoms with E-state index in [4.69, 9.17) is 14.5 Å². The zero-order valence-corrected chi connectivity index (χ0v) is 19.9. The minimum atomic E-state index is -0.652. The molecule has 0 bridgehead atoms. The van der Waals surface area contributed by atoms with Crippen molar-refractivity contribution < 1.29 is 19.1 Å². The maximum absolute atomic E-state index is 13.4. The smallest absolute Gasteiger partial charge is 0.263 e. The van der Waals surface area contributed by atoms with Gasteiger partial charge in [0.1, 0.15) is 17.3 Å². The van der Waals surface area contributed by atoms with Gasteiger partial charge < -0.3 is 14.8 Å². The number of fused-ring (bicyclic) bond motifs is 3. The molecule has 5 rings (SSSR count). The molecule has 0 saturated heterocycles. The molecule has 2 aliphatic rings. The fourth-order valence-electron chi connectivity index (χ4n) is 3.91. The number of ether oxygens (including phenoxy) is 2. The van der Waals surface area contributed by atoms with Gasteiger partial charge in [-0.2, -0.15) is 0 Å². The Kier molecular flexibility index (Phi) is 6.24. The van der Waals surface area contributed by atoms with Crippen LogP contribution >= 0.6 is 11.8 Å². The topological polar surface area (TPSA) is 92.6 Å². The Morgan fingerprint density at radius 3 is 2.40 bits per heavy atom. The molecule has 0 radical (unpaired) electrons. The Labute approximate surface area is 206 Å². The van der Waals surface area contributed by atoms with E-state index in [1.165, 1.54) is 16.7 Å².